The number of hydrogen-bond acceptors (Lipinski definition) is 5. The second kappa shape index (κ2) is 9.91. The Balaban J connectivity index is 2.66. The molecule has 1 unspecified atom stereocenters. The van der Waals surface area contributed by atoms with Gasteiger partial charge in [-0.05, 0) is 26.9 Å². The number of aliphatic hydroxyl groups is 1. The van der Waals surface area contributed by atoms with Crippen LogP contribution < -0.4 is 0 Å². The first-order chi connectivity index (χ1) is 11.3. The molecule has 1 aliphatic heterocycles. The van der Waals surface area contributed by atoms with Gasteiger partial charge < -0.3 is 14.9 Å². The van der Waals surface area contributed by atoms with E-state index in [0.717, 1.165) is 26.2 Å². The van der Waals surface area contributed by atoms with Gasteiger partial charge >= 0.3 is 0 Å². The molecule has 0 aromatic carbocycles. The van der Waals surface area contributed by atoms with E-state index in [9.17, 15) is 14.7 Å². The molecular formula is C18H33N3O3. The Morgan fingerprint density at radius 3 is 2.17 bits per heavy atom. The highest BCUT2D eigenvalue weighted by atomic mass is 16.3. The lowest BCUT2D eigenvalue weighted by molar-refractivity contribution is -0.129. The van der Waals surface area contributed by atoms with Crippen LogP contribution in [-0.4, -0.2) is 91.5 Å². The second-order valence-corrected chi connectivity index (χ2v) is 7.17. The smallest absolute Gasteiger partial charge is 0.251 e. The lowest BCUT2D eigenvalue weighted by Crippen LogP contribution is -2.50. The third-order valence-corrected chi connectivity index (χ3v) is 4.54. The number of piperazine rings is 1. The van der Waals surface area contributed by atoms with Crippen molar-refractivity contribution >= 4 is 11.7 Å². The highest BCUT2D eigenvalue weighted by Gasteiger charge is 2.25. The summed E-state index contributed by atoms with van der Waals surface area (Å²) in [5, 5.41) is 9.59. The summed E-state index contributed by atoms with van der Waals surface area (Å²) in [5.41, 5.74) is 0.339. The summed E-state index contributed by atoms with van der Waals surface area (Å²) < 4.78 is 0. The van der Waals surface area contributed by atoms with E-state index in [1.165, 1.54) is 6.92 Å². The summed E-state index contributed by atoms with van der Waals surface area (Å²) >= 11 is 0. The number of carbonyl (C=O) groups excluding carboxylic acids is 2. The molecule has 0 spiro atoms. The van der Waals surface area contributed by atoms with Gasteiger partial charge in [-0.1, -0.05) is 19.9 Å². The van der Waals surface area contributed by atoms with Crippen LogP contribution in [0.2, 0.25) is 0 Å². The van der Waals surface area contributed by atoms with Gasteiger partial charge in [-0.3, -0.25) is 14.5 Å². The Labute approximate surface area is 146 Å². The van der Waals surface area contributed by atoms with Gasteiger partial charge in [0.25, 0.3) is 5.91 Å². The number of aliphatic hydroxyl groups excluding tert-OH is 1. The fraction of sp³-hybridized carbons (Fsp3) is 0.778. The highest BCUT2D eigenvalue weighted by molar-refractivity contribution is 5.95. The van der Waals surface area contributed by atoms with E-state index in [4.69, 9.17) is 0 Å². The Kier molecular flexibility index (Phi) is 8.59. The van der Waals surface area contributed by atoms with Crippen molar-refractivity contribution in [1.82, 2.24) is 14.7 Å². The van der Waals surface area contributed by atoms with Crippen LogP contribution in [0.5, 0.6) is 0 Å². The predicted octanol–water partition coefficient (Wildman–Crippen LogP) is 0.472. The zero-order valence-electron chi connectivity index (χ0n) is 15.8. The fourth-order valence-corrected chi connectivity index (χ4v) is 2.91. The largest absolute Gasteiger partial charge is 0.391 e. The molecule has 0 bridgehead atoms. The lowest BCUT2D eigenvalue weighted by atomic mass is 9.90. The average molecular weight is 339 g/mol. The van der Waals surface area contributed by atoms with E-state index in [2.05, 4.69) is 23.9 Å². The molecule has 6 heteroatoms. The molecular weight excluding hydrogens is 306 g/mol. The van der Waals surface area contributed by atoms with Crippen molar-refractivity contribution < 1.29 is 14.7 Å². The number of likely N-dealkylation sites (N-methyl/N-ethyl adjacent to an activating group) is 1. The molecule has 1 saturated heterocycles. The number of nitrogens with zero attached hydrogens (tertiary/aromatic N) is 3. The van der Waals surface area contributed by atoms with Crippen molar-refractivity contribution in [3.8, 4) is 0 Å². The molecule has 1 heterocycles. The topological polar surface area (TPSA) is 64.1 Å². The molecule has 0 radical (unpaired) electrons. The molecule has 1 aliphatic rings. The van der Waals surface area contributed by atoms with E-state index in [1.807, 2.05) is 13.8 Å². The third kappa shape index (κ3) is 6.34. The van der Waals surface area contributed by atoms with Crippen molar-refractivity contribution in [2.45, 2.75) is 20.8 Å². The molecule has 138 valence electrons. The van der Waals surface area contributed by atoms with Gasteiger partial charge in [-0.2, -0.15) is 0 Å². The molecule has 0 aliphatic carbocycles. The summed E-state index contributed by atoms with van der Waals surface area (Å²) in [5.74, 6) is -0.328. The number of carbonyl (C=O) groups is 2. The molecule has 6 nitrogen and oxygen atoms in total. The zero-order valence-corrected chi connectivity index (χ0v) is 15.8. The van der Waals surface area contributed by atoms with E-state index in [1.54, 1.807) is 11.0 Å². The highest BCUT2D eigenvalue weighted by Crippen LogP contribution is 2.17. The molecule has 24 heavy (non-hydrogen) atoms. The molecule has 0 saturated carbocycles. The van der Waals surface area contributed by atoms with E-state index >= 15 is 0 Å². The molecule has 1 amide bonds. The first kappa shape index (κ1) is 20.8. The number of hydrogen-bond donors (Lipinski definition) is 1. The third-order valence-electron chi connectivity index (χ3n) is 4.54. The summed E-state index contributed by atoms with van der Waals surface area (Å²) in [6.45, 7) is 10.1. The summed E-state index contributed by atoms with van der Waals surface area (Å²) in [7, 11) is 4.11. The Bertz CT molecular complexity index is 452. The maximum absolute atomic E-state index is 12.6. The van der Waals surface area contributed by atoms with Gasteiger partial charge in [0.05, 0.1) is 6.61 Å². The van der Waals surface area contributed by atoms with Gasteiger partial charge in [-0.15, -0.1) is 0 Å². The zero-order chi connectivity index (χ0) is 18.3. The lowest BCUT2D eigenvalue weighted by Gasteiger charge is -2.35. The maximum atomic E-state index is 12.6. The summed E-state index contributed by atoms with van der Waals surface area (Å²) in [6.07, 6.45) is 1.66. The normalized spacial score (nSPS) is 18.3. The first-order valence-corrected chi connectivity index (χ1v) is 8.74. The van der Waals surface area contributed by atoms with Gasteiger partial charge in [0.1, 0.15) is 5.78 Å². The van der Waals surface area contributed by atoms with Gasteiger partial charge in [0.15, 0.2) is 0 Å². The number of ketones is 1. The summed E-state index contributed by atoms with van der Waals surface area (Å²) in [6, 6.07) is 0. The molecule has 1 fully saturated rings. The molecule has 1 N–H and O–H groups in total. The minimum Gasteiger partial charge on any atom is -0.391 e. The maximum Gasteiger partial charge on any atom is 0.251 e. The van der Waals surface area contributed by atoms with Crippen LogP contribution >= 0.6 is 0 Å². The molecule has 0 aromatic rings. The minimum absolute atomic E-state index is 0.0252. The van der Waals surface area contributed by atoms with Crippen molar-refractivity contribution in [2.75, 3.05) is 60.0 Å². The number of amides is 1. The van der Waals surface area contributed by atoms with Crippen molar-refractivity contribution in [3.05, 3.63) is 11.6 Å². The van der Waals surface area contributed by atoms with Crippen LogP contribution in [-0.2, 0) is 9.59 Å². The molecule has 1 rings (SSSR count). The Morgan fingerprint density at radius 2 is 1.75 bits per heavy atom. The van der Waals surface area contributed by atoms with Gasteiger partial charge in [-0.25, -0.2) is 0 Å². The number of Topliss-reactive ketones (excluding diaryl/α,β-unsaturated/α-hetero) is 1. The minimum atomic E-state index is -0.323. The van der Waals surface area contributed by atoms with Crippen LogP contribution in [0.1, 0.15) is 20.8 Å². The van der Waals surface area contributed by atoms with Gasteiger partial charge in [0.2, 0.25) is 0 Å². The quantitative estimate of drug-likeness (QED) is 0.652. The van der Waals surface area contributed by atoms with E-state index in [0.29, 0.717) is 18.7 Å². The van der Waals surface area contributed by atoms with Crippen LogP contribution in [0.25, 0.3) is 0 Å². The number of allylic oxidation sites excluding steroid dienone is 1. The van der Waals surface area contributed by atoms with E-state index < -0.39 is 0 Å². The number of rotatable bonds is 8. The Hall–Kier alpha value is -1.24. The van der Waals surface area contributed by atoms with Crippen molar-refractivity contribution in [2.24, 2.45) is 11.8 Å². The van der Waals surface area contributed by atoms with Crippen LogP contribution in [0.3, 0.4) is 0 Å². The molecule has 1 atom stereocenters. The predicted molar refractivity (Wildman–Crippen MR) is 95.8 cm³/mol. The standard InChI is InChI=1S/C18H33N3O3/c1-14(2)17(15(3)23)12-16(13-22)18(24)21-10-8-20(9-11-21)7-6-19(4)5/h12,14,17,22H,6-11,13H2,1-5H3. The molecule has 0 aromatic heterocycles. The first-order valence-electron chi connectivity index (χ1n) is 8.74. The van der Waals surface area contributed by atoms with Crippen LogP contribution in [0.4, 0.5) is 0 Å². The summed E-state index contributed by atoms with van der Waals surface area (Å²) in [4.78, 5) is 30.7. The SMILES string of the molecule is CC(=O)C(C=C(CO)C(=O)N1CCN(CCN(C)C)CC1)C(C)C. The Morgan fingerprint density at radius 1 is 1.17 bits per heavy atom. The van der Waals surface area contributed by atoms with Crippen molar-refractivity contribution in [1.29, 1.82) is 0 Å². The second-order valence-electron chi connectivity index (χ2n) is 7.17. The monoisotopic (exact) mass is 339 g/mol. The van der Waals surface area contributed by atoms with Gasteiger partial charge in [0, 0.05) is 50.8 Å². The van der Waals surface area contributed by atoms with Crippen LogP contribution in [0.15, 0.2) is 11.6 Å². The fourth-order valence-electron chi connectivity index (χ4n) is 2.91. The van der Waals surface area contributed by atoms with Crippen LogP contribution in [0, 0.1) is 11.8 Å². The van der Waals surface area contributed by atoms with E-state index in [-0.39, 0.29) is 30.1 Å². The average Bonchev–Trinajstić information content (AvgIpc) is 2.53. The van der Waals surface area contributed by atoms with Crippen molar-refractivity contribution in [3.63, 3.8) is 0 Å².